The second kappa shape index (κ2) is 13.4. The zero-order valence-corrected chi connectivity index (χ0v) is 25.5. The van der Waals surface area contributed by atoms with Gasteiger partial charge in [0.1, 0.15) is 5.82 Å². The van der Waals surface area contributed by atoms with Crippen molar-refractivity contribution < 1.29 is 19.4 Å². The summed E-state index contributed by atoms with van der Waals surface area (Å²) in [6.07, 6.45) is 0.471. The van der Waals surface area contributed by atoms with Crippen molar-refractivity contribution in [2.45, 2.75) is 46.4 Å². The smallest absolute Gasteiger partial charge is 0.267 e. The summed E-state index contributed by atoms with van der Waals surface area (Å²) in [7, 11) is 1.64. The largest absolute Gasteiger partial charge is 0.392 e. The van der Waals surface area contributed by atoms with Gasteiger partial charge < -0.3 is 15.2 Å². The van der Waals surface area contributed by atoms with E-state index in [2.05, 4.69) is 10.2 Å². The highest BCUT2D eigenvalue weighted by molar-refractivity contribution is 7.21. The Morgan fingerprint density at radius 2 is 1.93 bits per heavy atom. The number of hydrogen-bond donors (Lipinski definition) is 2. The number of ether oxygens (including phenoxy) is 1. The third kappa shape index (κ3) is 6.33. The molecule has 1 atom stereocenters. The number of aliphatic hydroxyl groups is 1. The lowest BCUT2D eigenvalue weighted by molar-refractivity contribution is 0.0940. The number of pyridine rings is 1. The maximum atomic E-state index is 13.6. The van der Waals surface area contributed by atoms with Gasteiger partial charge in [-0.2, -0.15) is 0 Å². The van der Waals surface area contributed by atoms with E-state index in [0.29, 0.717) is 36.0 Å². The minimum absolute atomic E-state index is 0. The fourth-order valence-corrected chi connectivity index (χ4v) is 6.51. The lowest BCUT2D eigenvalue weighted by Gasteiger charge is -2.17. The number of aryl methyl sites for hydroxylation is 1. The van der Waals surface area contributed by atoms with Gasteiger partial charge in [0.25, 0.3) is 5.91 Å². The molecule has 0 aliphatic carbocycles. The van der Waals surface area contributed by atoms with Gasteiger partial charge in [0.2, 0.25) is 0 Å². The normalized spacial score (nSPS) is 15.3. The van der Waals surface area contributed by atoms with E-state index in [1.54, 1.807) is 7.11 Å². The molecular formula is C30H35Cl2N3O4S. The number of likely N-dealkylation sites (tertiary alicyclic amines) is 1. The van der Waals surface area contributed by atoms with Crippen LogP contribution in [0.3, 0.4) is 0 Å². The molecule has 1 aliphatic rings. The van der Waals surface area contributed by atoms with Crippen LogP contribution in [0.1, 0.15) is 57.0 Å². The van der Waals surface area contributed by atoms with Gasteiger partial charge in [-0.05, 0) is 48.2 Å². The van der Waals surface area contributed by atoms with Crippen molar-refractivity contribution in [2.24, 2.45) is 5.92 Å². The number of thiophene rings is 1. The van der Waals surface area contributed by atoms with Gasteiger partial charge in [-0.1, -0.05) is 38.1 Å². The predicted octanol–water partition coefficient (Wildman–Crippen LogP) is 6.41. The Bertz CT molecular complexity index is 1540. The summed E-state index contributed by atoms with van der Waals surface area (Å²) in [5.41, 5.74) is 4.29. The topological polar surface area (TPSA) is 91.8 Å². The number of aliphatic hydroxyl groups excluding tert-OH is 1. The van der Waals surface area contributed by atoms with Crippen molar-refractivity contribution >= 4 is 74.6 Å². The predicted molar refractivity (Wildman–Crippen MR) is 167 cm³/mol. The molecule has 214 valence electrons. The van der Waals surface area contributed by atoms with E-state index in [9.17, 15) is 14.7 Å². The van der Waals surface area contributed by atoms with Crippen molar-refractivity contribution in [3.05, 3.63) is 69.6 Å². The van der Waals surface area contributed by atoms with Crippen LogP contribution < -0.4 is 5.32 Å². The SMILES string of the molecule is COCc1ccc(C(=O)C(C)C)c2sc(C(=O)Nc3cc(CN4CCC(O)C4)c4ccccc4n3)c(C)c12.Cl.Cl. The molecule has 0 spiro atoms. The Morgan fingerprint density at radius 1 is 1.18 bits per heavy atom. The van der Waals surface area contributed by atoms with Crippen molar-refractivity contribution in [3.63, 3.8) is 0 Å². The molecule has 3 heterocycles. The van der Waals surface area contributed by atoms with Gasteiger partial charge in [-0.15, -0.1) is 36.2 Å². The van der Waals surface area contributed by atoms with E-state index in [-0.39, 0.29) is 48.5 Å². The summed E-state index contributed by atoms with van der Waals surface area (Å²) in [6, 6.07) is 13.6. The number of methoxy groups -OCH3 is 1. The van der Waals surface area contributed by atoms with Crippen molar-refractivity contribution in [1.82, 2.24) is 9.88 Å². The van der Waals surface area contributed by atoms with Gasteiger partial charge in [-0.3, -0.25) is 14.5 Å². The van der Waals surface area contributed by atoms with Crippen LogP contribution in [0.2, 0.25) is 0 Å². The summed E-state index contributed by atoms with van der Waals surface area (Å²) in [5, 5.41) is 14.9. The van der Waals surface area contributed by atoms with Crippen LogP contribution in [0.4, 0.5) is 5.82 Å². The second-order valence-corrected chi connectivity index (χ2v) is 11.3. The minimum atomic E-state index is -0.298. The van der Waals surface area contributed by atoms with Crippen molar-refractivity contribution in [1.29, 1.82) is 0 Å². The quantitative estimate of drug-likeness (QED) is 0.226. The highest BCUT2D eigenvalue weighted by Gasteiger charge is 2.25. The van der Waals surface area contributed by atoms with Crippen LogP contribution in [-0.4, -0.2) is 53.0 Å². The zero-order chi connectivity index (χ0) is 27.0. The number of halogens is 2. The highest BCUT2D eigenvalue weighted by atomic mass is 35.5. The van der Waals surface area contributed by atoms with E-state index in [0.717, 1.165) is 50.6 Å². The maximum absolute atomic E-state index is 13.6. The molecule has 1 amide bonds. The molecule has 7 nitrogen and oxygen atoms in total. The minimum Gasteiger partial charge on any atom is -0.392 e. The number of carbonyl (C=O) groups is 2. The van der Waals surface area contributed by atoms with E-state index in [4.69, 9.17) is 9.72 Å². The second-order valence-electron chi connectivity index (χ2n) is 10.3. The van der Waals surface area contributed by atoms with Gasteiger partial charge in [-0.25, -0.2) is 4.98 Å². The Kier molecular flexibility index (Phi) is 10.7. The monoisotopic (exact) mass is 603 g/mol. The summed E-state index contributed by atoms with van der Waals surface area (Å²) in [5.74, 6) is 0.138. The van der Waals surface area contributed by atoms with Crippen molar-refractivity contribution in [2.75, 3.05) is 25.5 Å². The zero-order valence-electron chi connectivity index (χ0n) is 23.0. The van der Waals surface area contributed by atoms with Crippen molar-refractivity contribution in [3.8, 4) is 0 Å². The summed E-state index contributed by atoms with van der Waals surface area (Å²) in [4.78, 5) is 34.1. The number of Topliss-reactive ketones (excluding diaryl/α,β-unsaturated/α-hetero) is 1. The molecule has 2 aromatic carbocycles. The molecule has 1 saturated heterocycles. The van der Waals surface area contributed by atoms with Crippen LogP contribution >= 0.6 is 36.2 Å². The number of anilines is 1. The molecule has 1 aliphatic heterocycles. The summed E-state index contributed by atoms with van der Waals surface area (Å²) >= 11 is 1.35. The van der Waals surface area contributed by atoms with Gasteiger partial charge in [0, 0.05) is 53.7 Å². The molecule has 2 N–H and O–H groups in total. The fraction of sp³-hybridized carbons (Fsp3) is 0.367. The number of nitrogens with one attached hydrogen (secondary N) is 1. The number of nitrogens with zero attached hydrogens (tertiary/aromatic N) is 2. The maximum Gasteiger partial charge on any atom is 0.267 e. The number of para-hydroxylation sites is 1. The van der Waals surface area contributed by atoms with Crippen LogP contribution in [0.25, 0.3) is 21.0 Å². The number of amides is 1. The molecule has 1 unspecified atom stereocenters. The third-order valence-electron chi connectivity index (χ3n) is 7.14. The Labute approximate surface area is 250 Å². The number of fused-ring (bicyclic) bond motifs is 2. The number of hydrogen-bond acceptors (Lipinski definition) is 7. The Balaban J connectivity index is 0.00000220. The first-order valence-electron chi connectivity index (χ1n) is 12.9. The van der Waals surface area contributed by atoms with E-state index < -0.39 is 0 Å². The first-order valence-corrected chi connectivity index (χ1v) is 13.8. The number of β-amino-alcohol motifs (C(OH)–C–C–N with tert-alkyl or cyclic N) is 1. The highest BCUT2D eigenvalue weighted by Crippen LogP contribution is 2.37. The standard InChI is InChI=1S/C30H33N3O4S.2ClH/c1-17(2)27(35)23-10-9-19(16-37-4)26-18(3)28(38-29(23)26)30(36)32-25-13-20(14-33-12-11-21(34)15-33)22-7-5-6-8-24(22)31-25;;/h5-10,13,17,21,34H,11-12,14-16H2,1-4H3,(H,31,32,36);2*1H. The Hall–Kier alpha value is -2.59. The molecule has 10 heteroatoms. The molecule has 0 radical (unpaired) electrons. The van der Waals surface area contributed by atoms with Crippen LogP contribution in [-0.2, 0) is 17.9 Å². The first-order chi connectivity index (χ1) is 18.3. The lowest BCUT2D eigenvalue weighted by Crippen LogP contribution is -2.22. The fourth-order valence-electron chi connectivity index (χ4n) is 5.24. The van der Waals surface area contributed by atoms with E-state index in [1.165, 1.54) is 11.3 Å². The molecular weight excluding hydrogens is 569 g/mol. The first kappa shape index (κ1) is 31.9. The van der Waals surface area contributed by atoms with Gasteiger partial charge in [0.15, 0.2) is 5.78 Å². The number of carbonyl (C=O) groups excluding carboxylic acids is 2. The number of aromatic nitrogens is 1. The van der Waals surface area contributed by atoms with Crippen LogP contribution in [0.15, 0.2) is 42.5 Å². The van der Waals surface area contributed by atoms with E-state index in [1.807, 2.05) is 63.2 Å². The average Bonchev–Trinajstić information content (AvgIpc) is 3.46. The molecule has 5 rings (SSSR count). The lowest BCUT2D eigenvalue weighted by atomic mass is 9.96. The number of rotatable bonds is 8. The van der Waals surface area contributed by atoms with Gasteiger partial charge in [0.05, 0.1) is 23.1 Å². The molecule has 40 heavy (non-hydrogen) atoms. The third-order valence-corrected chi connectivity index (χ3v) is 8.47. The summed E-state index contributed by atoms with van der Waals surface area (Å²) < 4.78 is 6.23. The van der Waals surface area contributed by atoms with E-state index >= 15 is 0 Å². The number of benzene rings is 2. The average molecular weight is 605 g/mol. The van der Waals surface area contributed by atoms with Crippen LogP contribution in [0.5, 0.6) is 0 Å². The summed E-state index contributed by atoms with van der Waals surface area (Å²) in [6.45, 7) is 8.24. The molecule has 4 aromatic rings. The molecule has 0 saturated carbocycles. The van der Waals surface area contributed by atoms with Crippen LogP contribution in [0, 0.1) is 12.8 Å². The molecule has 0 bridgehead atoms. The molecule has 2 aromatic heterocycles. The van der Waals surface area contributed by atoms with Gasteiger partial charge >= 0.3 is 0 Å². The number of ketones is 1. The Morgan fingerprint density at radius 3 is 2.60 bits per heavy atom. The molecule has 1 fully saturated rings.